The van der Waals surface area contributed by atoms with Gasteiger partial charge in [-0.1, -0.05) is 25.4 Å². The molecule has 2 aromatic rings. The Bertz CT molecular complexity index is 640. The Labute approximate surface area is 111 Å². The maximum Gasteiger partial charge on any atom is 0.343 e. The van der Waals surface area contributed by atoms with E-state index < -0.39 is 0 Å². The number of H-pyrrole nitrogens is 1. The first-order chi connectivity index (χ1) is 8.41. The number of halogens is 1. The van der Waals surface area contributed by atoms with Gasteiger partial charge in [-0.25, -0.2) is 9.89 Å². The molecule has 0 bridgehead atoms. The maximum atomic E-state index is 11.5. The van der Waals surface area contributed by atoms with Crippen molar-refractivity contribution >= 4 is 11.6 Å². The third kappa shape index (κ3) is 2.08. The summed E-state index contributed by atoms with van der Waals surface area (Å²) in [6.45, 7) is 6.13. The quantitative estimate of drug-likeness (QED) is 0.908. The number of benzene rings is 1. The van der Waals surface area contributed by atoms with Crippen LogP contribution in [-0.2, 0) is 7.05 Å². The van der Waals surface area contributed by atoms with E-state index in [9.17, 15) is 4.79 Å². The minimum Gasteiger partial charge on any atom is -0.278 e. The van der Waals surface area contributed by atoms with E-state index in [-0.39, 0.29) is 5.69 Å². The third-order valence-corrected chi connectivity index (χ3v) is 3.48. The molecule has 0 aliphatic rings. The van der Waals surface area contributed by atoms with E-state index in [1.807, 2.05) is 19.1 Å². The molecule has 0 radical (unpaired) electrons. The molecule has 1 aromatic carbocycles. The zero-order valence-electron chi connectivity index (χ0n) is 10.9. The molecule has 2 rings (SSSR count). The summed E-state index contributed by atoms with van der Waals surface area (Å²) < 4.78 is 1.51. The SMILES string of the molecule is Cc1cc(-c2n[nH]c(=O)n2C)c(C(C)C)cc1Cl. The Hall–Kier alpha value is -1.55. The van der Waals surface area contributed by atoms with Gasteiger partial charge in [-0.3, -0.25) is 4.57 Å². The number of rotatable bonds is 2. The van der Waals surface area contributed by atoms with Crippen LogP contribution >= 0.6 is 11.6 Å². The summed E-state index contributed by atoms with van der Waals surface area (Å²) in [5, 5.41) is 7.28. The van der Waals surface area contributed by atoms with Crippen molar-refractivity contribution < 1.29 is 0 Å². The molecule has 0 unspecified atom stereocenters. The lowest BCUT2D eigenvalue weighted by Crippen LogP contribution is -2.13. The van der Waals surface area contributed by atoms with Crippen molar-refractivity contribution in [3.05, 3.63) is 38.8 Å². The van der Waals surface area contributed by atoms with Crippen molar-refractivity contribution in [2.75, 3.05) is 0 Å². The van der Waals surface area contributed by atoms with Crippen molar-refractivity contribution in [2.45, 2.75) is 26.7 Å². The minimum atomic E-state index is -0.215. The number of nitrogens with zero attached hydrogens (tertiary/aromatic N) is 2. The summed E-state index contributed by atoms with van der Waals surface area (Å²) >= 11 is 6.17. The first kappa shape index (κ1) is 12.9. The molecule has 0 spiro atoms. The Morgan fingerprint density at radius 3 is 2.56 bits per heavy atom. The van der Waals surface area contributed by atoms with Gasteiger partial charge in [0, 0.05) is 17.6 Å². The van der Waals surface area contributed by atoms with E-state index in [0.717, 1.165) is 21.7 Å². The van der Waals surface area contributed by atoms with Crippen LogP contribution in [0.15, 0.2) is 16.9 Å². The van der Waals surface area contributed by atoms with E-state index in [4.69, 9.17) is 11.6 Å². The summed E-state index contributed by atoms with van der Waals surface area (Å²) in [6, 6.07) is 3.93. The third-order valence-electron chi connectivity index (χ3n) is 3.07. The zero-order chi connectivity index (χ0) is 13.4. The Morgan fingerprint density at radius 1 is 1.39 bits per heavy atom. The van der Waals surface area contributed by atoms with Gasteiger partial charge in [0.05, 0.1) is 0 Å². The molecule has 5 heteroatoms. The van der Waals surface area contributed by atoms with Crippen LogP contribution < -0.4 is 5.69 Å². The molecule has 0 saturated carbocycles. The average molecular weight is 266 g/mol. The highest BCUT2D eigenvalue weighted by molar-refractivity contribution is 6.31. The summed E-state index contributed by atoms with van der Waals surface area (Å²) in [4.78, 5) is 11.5. The van der Waals surface area contributed by atoms with Gasteiger partial charge in [-0.05, 0) is 36.1 Å². The van der Waals surface area contributed by atoms with Crippen molar-refractivity contribution in [3.8, 4) is 11.4 Å². The second kappa shape index (κ2) is 4.61. The largest absolute Gasteiger partial charge is 0.343 e. The van der Waals surface area contributed by atoms with Gasteiger partial charge in [-0.15, -0.1) is 0 Å². The monoisotopic (exact) mass is 265 g/mol. The molecular formula is C13H16ClN3O. The molecule has 4 nitrogen and oxygen atoms in total. The van der Waals surface area contributed by atoms with Gasteiger partial charge in [0.25, 0.3) is 0 Å². The highest BCUT2D eigenvalue weighted by atomic mass is 35.5. The first-order valence-corrected chi connectivity index (χ1v) is 6.21. The number of aryl methyl sites for hydroxylation is 1. The van der Waals surface area contributed by atoms with E-state index in [2.05, 4.69) is 24.0 Å². The van der Waals surface area contributed by atoms with Gasteiger partial charge >= 0.3 is 5.69 Å². The van der Waals surface area contributed by atoms with Crippen LogP contribution in [0.3, 0.4) is 0 Å². The molecule has 0 fully saturated rings. The number of hydrogen-bond acceptors (Lipinski definition) is 2. The standard InChI is InChI=1S/C13H16ClN3O/c1-7(2)9-6-11(14)8(3)5-10(9)12-15-16-13(18)17(12)4/h5-7H,1-4H3,(H,16,18). The molecule has 0 aliphatic heterocycles. The van der Waals surface area contributed by atoms with E-state index in [0.29, 0.717) is 11.7 Å². The smallest absolute Gasteiger partial charge is 0.278 e. The van der Waals surface area contributed by atoms with Crippen LogP contribution in [0.5, 0.6) is 0 Å². The summed E-state index contributed by atoms with van der Waals surface area (Å²) in [5.74, 6) is 0.952. The number of aromatic nitrogens is 3. The van der Waals surface area contributed by atoms with Crippen molar-refractivity contribution in [1.82, 2.24) is 14.8 Å². The van der Waals surface area contributed by atoms with Gasteiger partial charge in [0.2, 0.25) is 0 Å². The van der Waals surface area contributed by atoms with E-state index >= 15 is 0 Å². The molecule has 0 aliphatic carbocycles. The Balaban J connectivity index is 2.73. The predicted molar refractivity (Wildman–Crippen MR) is 73.1 cm³/mol. The van der Waals surface area contributed by atoms with E-state index in [1.165, 1.54) is 4.57 Å². The predicted octanol–water partition coefficient (Wildman–Crippen LogP) is 2.86. The topological polar surface area (TPSA) is 50.7 Å². The minimum absolute atomic E-state index is 0.215. The van der Waals surface area contributed by atoms with Crippen LogP contribution in [-0.4, -0.2) is 14.8 Å². The second-order valence-electron chi connectivity index (χ2n) is 4.75. The van der Waals surface area contributed by atoms with Crippen molar-refractivity contribution in [3.63, 3.8) is 0 Å². The van der Waals surface area contributed by atoms with Gasteiger partial charge < -0.3 is 0 Å². The van der Waals surface area contributed by atoms with Gasteiger partial charge in [0.1, 0.15) is 0 Å². The highest BCUT2D eigenvalue weighted by Gasteiger charge is 2.16. The normalized spacial score (nSPS) is 11.2. The van der Waals surface area contributed by atoms with E-state index in [1.54, 1.807) is 7.05 Å². The van der Waals surface area contributed by atoms with Crippen LogP contribution in [0.2, 0.25) is 5.02 Å². The fraction of sp³-hybridized carbons (Fsp3) is 0.385. The lowest BCUT2D eigenvalue weighted by molar-refractivity contribution is 0.846. The summed E-state index contributed by atoms with van der Waals surface area (Å²) in [5.41, 5.74) is 2.80. The van der Waals surface area contributed by atoms with Crippen molar-refractivity contribution in [2.24, 2.45) is 7.05 Å². The van der Waals surface area contributed by atoms with Gasteiger partial charge in [-0.2, -0.15) is 5.10 Å². The second-order valence-corrected chi connectivity index (χ2v) is 5.16. The maximum absolute atomic E-state index is 11.5. The van der Waals surface area contributed by atoms with Crippen LogP contribution in [0.4, 0.5) is 0 Å². The molecule has 0 amide bonds. The molecule has 1 aromatic heterocycles. The molecule has 18 heavy (non-hydrogen) atoms. The lowest BCUT2D eigenvalue weighted by Gasteiger charge is -2.14. The molecule has 1 N–H and O–H groups in total. The number of hydrogen-bond donors (Lipinski definition) is 1. The van der Waals surface area contributed by atoms with Crippen molar-refractivity contribution in [1.29, 1.82) is 0 Å². The Morgan fingerprint density at radius 2 is 2.06 bits per heavy atom. The van der Waals surface area contributed by atoms with Crippen LogP contribution in [0.25, 0.3) is 11.4 Å². The molecular weight excluding hydrogens is 250 g/mol. The highest BCUT2D eigenvalue weighted by Crippen LogP contribution is 2.31. The Kier molecular flexibility index (Phi) is 3.30. The molecule has 0 saturated heterocycles. The fourth-order valence-corrected chi connectivity index (χ4v) is 2.13. The molecule has 1 heterocycles. The lowest BCUT2D eigenvalue weighted by atomic mass is 9.95. The summed E-state index contributed by atoms with van der Waals surface area (Å²) in [7, 11) is 1.70. The number of aromatic amines is 1. The first-order valence-electron chi connectivity index (χ1n) is 5.83. The number of nitrogens with one attached hydrogen (secondary N) is 1. The van der Waals surface area contributed by atoms with Gasteiger partial charge in [0.15, 0.2) is 5.82 Å². The molecule has 0 atom stereocenters. The zero-order valence-corrected chi connectivity index (χ0v) is 11.7. The summed E-state index contributed by atoms with van der Waals surface area (Å²) in [6.07, 6.45) is 0. The fourth-order valence-electron chi connectivity index (χ4n) is 1.96. The average Bonchev–Trinajstić information content (AvgIpc) is 2.63. The van der Waals surface area contributed by atoms with Crippen LogP contribution in [0, 0.1) is 6.92 Å². The molecule has 96 valence electrons. The van der Waals surface area contributed by atoms with Crippen LogP contribution in [0.1, 0.15) is 30.9 Å².